The van der Waals surface area contributed by atoms with Gasteiger partial charge in [0.1, 0.15) is 0 Å². The first kappa shape index (κ1) is 19.2. The summed E-state index contributed by atoms with van der Waals surface area (Å²) in [7, 11) is 0. The molecule has 4 heteroatoms. The van der Waals surface area contributed by atoms with E-state index in [9.17, 15) is 9.59 Å². The second-order valence-electron chi connectivity index (χ2n) is 7.95. The summed E-state index contributed by atoms with van der Waals surface area (Å²) in [6.45, 7) is 7.69. The largest absolute Gasteiger partial charge is 0.339 e. The SMILES string of the molecule is Cc1c(NC(=O)CC(C)(C)c2ccccc2)cccc1C(=O)N1CCCC1. The van der Waals surface area contributed by atoms with Gasteiger partial charge in [-0.2, -0.15) is 0 Å². The van der Waals surface area contributed by atoms with Gasteiger partial charge in [-0.15, -0.1) is 0 Å². The van der Waals surface area contributed by atoms with Gasteiger partial charge in [0.15, 0.2) is 0 Å². The minimum Gasteiger partial charge on any atom is -0.339 e. The molecular weight excluding hydrogens is 336 g/mol. The van der Waals surface area contributed by atoms with Crippen LogP contribution in [-0.4, -0.2) is 29.8 Å². The summed E-state index contributed by atoms with van der Waals surface area (Å²) in [4.78, 5) is 27.3. The summed E-state index contributed by atoms with van der Waals surface area (Å²) >= 11 is 0. The van der Waals surface area contributed by atoms with Gasteiger partial charge >= 0.3 is 0 Å². The van der Waals surface area contributed by atoms with Gasteiger partial charge in [-0.3, -0.25) is 9.59 Å². The average molecular weight is 364 g/mol. The predicted octanol–water partition coefficient (Wildman–Crippen LogP) is 4.54. The molecule has 0 aromatic heterocycles. The minimum atomic E-state index is -0.262. The predicted molar refractivity (Wildman–Crippen MR) is 109 cm³/mol. The molecule has 142 valence electrons. The van der Waals surface area contributed by atoms with Gasteiger partial charge in [-0.1, -0.05) is 50.2 Å². The quantitative estimate of drug-likeness (QED) is 0.847. The van der Waals surface area contributed by atoms with E-state index >= 15 is 0 Å². The van der Waals surface area contributed by atoms with Crippen molar-refractivity contribution in [3.63, 3.8) is 0 Å². The Bertz CT molecular complexity index is 822. The maximum absolute atomic E-state index is 12.7. The number of rotatable bonds is 5. The fourth-order valence-corrected chi connectivity index (χ4v) is 3.68. The van der Waals surface area contributed by atoms with E-state index in [1.807, 2.05) is 60.4 Å². The summed E-state index contributed by atoms with van der Waals surface area (Å²) in [6, 6.07) is 15.6. The minimum absolute atomic E-state index is 0.0438. The molecule has 0 atom stereocenters. The Labute approximate surface area is 161 Å². The second kappa shape index (κ2) is 7.95. The summed E-state index contributed by atoms with van der Waals surface area (Å²) < 4.78 is 0. The molecule has 0 radical (unpaired) electrons. The average Bonchev–Trinajstić information content (AvgIpc) is 3.18. The van der Waals surface area contributed by atoms with Gasteiger partial charge in [0, 0.05) is 30.8 Å². The van der Waals surface area contributed by atoms with Gasteiger partial charge in [-0.05, 0) is 48.4 Å². The molecule has 2 amide bonds. The standard InChI is InChI=1S/C23H28N2O2/c1-17-19(22(27)25-14-7-8-15-25)12-9-13-20(17)24-21(26)16-23(2,3)18-10-5-4-6-11-18/h4-6,9-13H,7-8,14-16H2,1-3H3,(H,24,26). The Hall–Kier alpha value is -2.62. The van der Waals surface area contributed by atoms with Crippen molar-refractivity contribution < 1.29 is 9.59 Å². The number of hydrogen-bond donors (Lipinski definition) is 1. The molecule has 1 fully saturated rings. The molecule has 27 heavy (non-hydrogen) atoms. The molecule has 1 saturated heterocycles. The Morgan fingerprint density at radius 1 is 1.00 bits per heavy atom. The number of anilines is 1. The molecular formula is C23H28N2O2. The number of amides is 2. The van der Waals surface area contributed by atoms with Crippen LogP contribution in [0.2, 0.25) is 0 Å². The lowest BCUT2D eigenvalue weighted by Crippen LogP contribution is -2.29. The maximum atomic E-state index is 12.7. The number of benzene rings is 2. The van der Waals surface area contributed by atoms with Crippen LogP contribution in [0.25, 0.3) is 0 Å². The number of nitrogens with zero attached hydrogens (tertiary/aromatic N) is 1. The van der Waals surface area contributed by atoms with Crippen LogP contribution in [-0.2, 0) is 10.2 Å². The van der Waals surface area contributed by atoms with Gasteiger partial charge in [0.2, 0.25) is 5.91 Å². The molecule has 0 unspecified atom stereocenters. The van der Waals surface area contributed by atoms with Crippen LogP contribution in [0.3, 0.4) is 0 Å². The first-order valence-corrected chi connectivity index (χ1v) is 9.63. The summed E-state index contributed by atoms with van der Waals surface area (Å²) in [6.07, 6.45) is 2.51. The summed E-state index contributed by atoms with van der Waals surface area (Å²) in [5.41, 5.74) is 3.10. The van der Waals surface area contributed by atoms with E-state index in [1.165, 1.54) is 0 Å². The van der Waals surface area contributed by atoms with Gasteiger partial charge in [0.25, 0.3) is 5.91 Å². The van der Waals surface area contributed by atoms with E-state index in [0.29, 0.717) is 17.7 Å². The van der Waals surface area contributed by atoms with Crippen molar-refractivity contribution in [1.29, 1.82) is 0 Å². The highest BCUT2D eigenvalue weighted by atomic mass is 16.2. The number of carbonyl (C=O) groups excluding carboxylic acids is 2. The second-order valence-corrected chi connectivity index (χ2v) is 7.95. The van der Waals surface area contributed by atoms with E-state index < -0.39 is 0 Å². The van der Waals surface area contributed by atoms with Crippen molar-refractivity contribution in [3.8, 4) is 0 Å². The highest BCUT2D eigenvalue weighted by Crippen LogP contribution is 2.28. The van der Waals surface area contributed by atoms with E-state index in [-0.39, 0.29) is 17.2 Å². The van der Waals surface area contributed by atoms with Crippen molar-refractivity contribution in [3.05, 3.63) is 65.2 Å². The van der Waals surface area contributed by atoms with Crippen molar-refractivity contribution in [2.45, 2.75) is 45.4 Å². The number of hydrogen-bond acceptors (Lipinski definition) is 2. The van der Waals surface area contributed by atoms with Crippen molar-refractivity contribution in [2.24, 2.45) is 0 Å². The summed E-state index contributed by atoms with van der Waals surface area (Å²) in [5.74, 6) is 0.0171. The first-order chi connectivity index (χ1) is 12.9. The molecule has 2 aromatic carbocycles. The van der Waals surface area contributed by atoms with Crippen LogP contribution < -0.4 is 5.32 Å². The lowest BCUT2D eigenvalue weighted by molar-refractivity contribution is -0.117. The maximum Gasteiger partial charge on any atom is 0.254 e. The topological polar surface area (TPSA) is 49.4 Å². The molecule has 1 aliphatic heterocycles. The zero-order valence-corrected chi connectivity index (χ0v) is 16.4. The summed E-state index contributed by atoms with van der Waals surface area (Å²) in [5, 5.41) is 3.01. The van der Waals surface area contributed by atoms with E-state index in [0.717, 1.165) is 37.1 Å². The van der Waals surface area contributed by atoms with Crippen molar-refractivity contribution in [2.75, 3.05) is 18.4 Å². The molecule has 0 spiro atoms. The fraction of sp³-hybridized carbons (Fsp3) is 0.391. The van der Waals surface area contributed by atoms with E-state index in [4.69, 9.17) is 0 Å². The number of nitrogens with one attached hydrogen (secondary N) is 1. The molecule has 2 aromatic rings. The van der Waals surface area contributed by atoms with Crippen LogP contribution in [0.1, 0.15) is 54.6 Å². The monoisotopic (exact) mass is 364 g/mol. The van der Waals surface area contributed by atoms with Gasteiger partial charge < -0.3 is 10.2 Å². The normalized spacial score (nSPS) is 14.3. The van der Waals surface area contributed by atoms with E-state index in [2.05, 4.69) is 19.2 Å². The number of likely N-dealkylation sites (tertiary alicyclic amines) is 1. The zero-order valence-electron chi connectivity index (χ0n) is 16.4. The van der Waals surface area contributed by atoms with Crippen LogP contribution >= 0.6 is 0 Å². The first-order valence-electron chi connectivity index (χ1n) is 9.63. The third-order valence-corrected chi connectivity index (χ3v) is 5.39. The van der Waals surface area contributed by atoms with Gasteiger partial charge in [0.05, 0.1) is 0 Å². The smallest absolute Gasteiger partial charge is 0.254 e. The Balaban J connectivity index is 1.73. The highest BCUT2D eigenvalue weighted by molar-refractivity contribution is 5.99. The van der Waals surface area contributed by atoms with Crippen LogP contribution in [0, 0.1) is 6.92 Å². The molecule has 1 aliphatic rings. The Morgan fingerprint density at radius 2 is 1.67 bits per heavy atom. The van der Waals surface area contributed by atoms with Crippen LogP contribution in [0.15, 0.2) is 48.5 Å². The molecule has 4 nitrogen and oxygen atoms in total. The van der Waals surface area contributed by atoms with Crippen LogP contribution in [0.5, 0.6) is 0 Å². The van der Waals surface area contributed by atoms with Crippen molar-refractivity contribution >= 4 is 17.5 Å². The molecule has 0 aliphatic carbocycles. The number of carbonyl (C=O) groups is 2. The molecule has 3 rings (SSSR count). The lowest BCUT2D eigenvalue weighted by atomic mass is 9.81. The molecule has 1 heterocycles. The molecule has 0 saturated carbocycles. The lowest BCUT2D eigenvalue weighted by Gasteiger charge is -2.25. The highest BCUT2D eigenvalue weighted by Gasteiger charge is 2.25. The molecule has 1 N–H and O–H groups in total. The van der Waals surface area contributed by atoms with Crippen molar-refractivity contribution in [1.82, 2.24) is 4.90 Å². The Morgan fingerprint density at radius 3 is 2.33 bits per heavy atom. The van der Waals surface area contributed by atoms with Crippen LogP contribution in [0.4, 0.5) is 5.69 Å². The third kappa shape index (κ3) is 4.38. The fourth-order valence-electron chi connectivity index (χ4n) is 3.68. The van der Waals surface area contributed by atoms with E-state index in [1.54, 1.807) is 0 Å². The molecule has 0 bridgehead atoms. The Kier molecular flexibility index (Phi) is 5.64. The van der Waals surface area contributed by atoms with Gasteiger partial charge in [-0.25, -0.2) is 0 Å². The third-order valence-electron chi connectivity index (χ3n) is 5.39. The zero-order chi connectivity index (χ0) is 19.4.